The SMILES string of the molecule is NC(=O)c1ccc(Nc2nc(C3CC3)cs2)c(N)c1. The van der Waals surface area contributed by atoms with Crippen molar-refractivity contribution in [3.8, 4) is 0 Å². The molecule has 0 aliphatic heterocycles. The molecular weight excluding hydrogens is 260 g/mol. The Kier molecular flexibility index (Phi) is 2.87. The third kappa shape index (κ3) is 2.53. The summed E-state index contributed by atoms with van der Waals surface area (Å²) in [4.78, 5) is 15.6. The highest BCUT2D eigenvalue weighted by atomic mass is 32.1. The lowest BCUT2D eigenvalue weighted by atomic mass is 10.1. The van der Waals surface area contributed by atoms with Gasteiger partial charge in [0.25, 0.3) is 0 Å². The first kappa shape index (κ1) is 12.0. The number of benzene rings is 1. The van der Waals surface area contributed by atoms with Gasteiger partial charge in [0.05, 0.1) is 17.1 Å². The van der Waals surface area contributed by atoms with E-state index in [9.17, 15) is 4.79 Å². The Morgan fingerprint density at radius 3 is 2.84 bits per heavy atom. The number of nitrogens with one attached hydrogen (secondary N) is 1. The Bertz CT molecular complexity index is 633. The molecule has 0 bridgehead atoms. The molecule has 0 atom stereocenters. The third-order valence-corrected chi connectivity index (χ3v) is 3.87. The first-order valence-electron chi connectivity index (χ1n) is 6.05. The molecule has 1 aliphatic carbocycles. The van der Waals surface area contributed by atoms with Crippen LogP contribution < -0.4 is 16.8 Å². The molecule has 1 amide bonds. The van der Waals surface area contributed by atoms with Crippen molar-refractivity contribution in [2.75, 3.05) is 11.1 Å². The molecule has 5 nitrogen and oxygen atoms in total. The fraction of sp³-hybridized carbons (Fsp3) is 0.231. The second kappa shape index (κ2) is 4.55. The Hall–Kier alpha value is -2.08. The lowest BCUT2D eigenvalue weighted by molar-refractivity contribution is 0.100. The van der Waals surface area contributed by atoms with Crippen LogP contribution in [0.2, 0.25) is 0 Å². The van der Waals surface area contributed by atoms with Gasteiger partial charge in [0, 0.05) is 16.9 Å². The summed E-state index contributed by atoms with van der Waals surface area (Å²) in [6.07, 6.45) is 2.47. The number of nitrogens with zero attached hydrogens (tertiary/aromatic N) is 1. The lowest BCUT2D eigenvalue weighted by Crippen LogP contribution is -2.11. The molecule has 1 aromatic heterocycles. The standard InChI is InChI=1S/C13H14N4OS/c14-9-5-8(12(15)18)3-4-10(9)16-13-17-11(6-19-13)7-1-2-7/h3-7H,1-2,14H2,(H2,15,18)(H,16,17). The molecule has 98 valence electrons. The Balaban J connectivity index is 1.79. The molecule has 0 spiro atoms. The number of carbonyl (C=O) groups is 1. The summed E-state index contributed by atoms with van der Waals surface area (Å²) < 4.78 is 0. The van der Waals surface area contributed by atoms with E-state index in [4.69, 9.17) is 11.5 Å². The van der Waals surface area contributed by atoms with Crippen LogP contribution in [-0.2, 0) is 0 Å². The molecule has 0 unspecified atom stereocenters. The van der Waals surface area contributed by atoms with Gasteiger partial charge < -0.3 is 16.8 Å². The molecule has 1 aromatic carbocycles. The first-order chi connectivity index (χ1) is 9.13. The summed E-state index contributed by atoms with van der Waals surface area (Å²) in [5.74, 6) is 0.157. The molecule has 1 aliphatic rings. The van der Waals surface area contributed by atoms with E-state index in [0.29, 0.717) is 17.2 Å². The molecule has 1 saturated carbocycles. The molecule has 1 fully saturated rings. The van der Waals surface area contributed by atoms with Crippen LogP contribution >= 0.6 is 11.3 Å². The topological polar surface area (TPSA) is 94.0 Å². The van der Waals surface area contributed by atoms with Crippen LogP contribution in [0.5, 0.6) is 0 Å². The van der Waals surface area contributed by atoms with Crippen LogP contribution in [0.3, 0.4) is 0 Å². The van der Waals surface area contributed by atoms with E-state index in [0.717, 1.165) is 16.5 Å². The first-order valence-corrected chi connectivity index (χ1v) is 6.93. The predicted octanol–water partition coefficient (Wildman–Crippen LogP) is 2.45. The van der Waals surface area contributed by atoms with Gasteiger partial charge in [-0.05, 0) is 31.0 Å². The Morgan fingerprint density at radius 2 is 2.21 bits per heavy atom. The van der Waals surface area contributed by atoms with Gasteiger partial charge in [0.2, 0.25) is 5.91 Å². The quantitative estimate of drug-likeness (QED) is 0.746. The van der Waals surface area contributed by atoms with E-state index in [1.807, 2.05) is 0 Å². The average Bonchev–Trinajstić information content (AvgIpc) is 3.12. The number of anilines is 3. The largest absolute Gasteiger partial charge is 0.397 e. The number of primary amides is 1. The predicted molar refractivity (Wildman–Crippen MR) is 76.7 cm³/mol. The number of hydrogen-bond donors (Lipinski definition) is 3. The maximum Gasteiger partial charge on any atom is 0.248 e. The van der Waals surface area contributed by atoms with Gasteiger partial charge in [0.15, 0.2) is 5.13 Å². The lowest BCUT2D eigenvalue weighted by Gasteiger charge is -2.07. The number of nitrogen functional groups attached to an aromatic ring is 1. The zero-order chi connectivity index (χ0) is 13.4. The van der Waals surface area contributed by atoms with E-state index >= 15 is 0 Å². The van der Waals surface area contributed by atoms with Gasteiger partial charge in [-0.3, -0.25) is 4.79 Å². The minimum absolute atomic E-state index is 0.404. The maximum atomic E-state index is 11.0. The van der Waals surface area contributed by atoms with E-state index in [1.54, 1.807) is 29.5 Å². The van der Waals surface area contributed by atoms with Crippen molar-refractivity contribution >= 4 is 33.8 Å². The van der Waals surface area contributed by atoms with Crippen LogP contribution in [0, 0.1) is 0 Å². The zero-order valence-electron chi connectivity index (χ0n) is 10.2. The molecule has 19 heavy (non-hydrogen) atoms. The third-order valence-electron chi connectivity index (χ3n) is 3.10. The molecule has 1 heterocycles. The van der Waals surface area contributed by atoms with Gasteiger partial charge in [-0.2, -0.15) is 0 Å². The molecular formula is C13H14N4OS. The van der Waals surface area contributed by atoms with Crippen molar-refractivity contribution in [1.82, 2.24) is 4.98 Å². The monoisotopic (exact) mass is 274 g/mol. The minimum atomic E-state index is -0.483. The van der Waals surface area contributed by atoms with Gasteiger partial charge in [-0.15, -0.1) is 11.3 Å². The van der Waals surface area contributed by atoms with Gasteiger partial charge in [-0.25, -0.2) is 4.98 Å². The molecule has 6 heteroatoms. The van der Waals surface area contributed by atoms with Gasteiger partial charge >= 0.3 is 0 Å². The number of amides is 1. The number of hydrogen-bond acceptors (Lipinski definition) is 5. The van der Waals surface area contributed by atoms with Crippen LogP contribution in [0.4, 0.5) is 16.5 Å². The second-order valence-electron chi connectivity index (χ2n) is 4.64. The number of thiazole rings is 1. The van der Waals surface area contributed by atoms with Crippen LogP contribution in [-0.4, -0.2) is 10.9 Å². The number of carbonyl (C=O) groups excluding carboxylic acids is 1. The van der Waals surface area contributed by atoms with Crippen LogP contribution in [0.1, 0.15) is 34.8 Å². The van der Waals surface area contributed by atoms with Crippen molar-refractivity contribution in [2.45, 2.75) is 18.8 Å². The van der Waals surface area contributed by atoms with E-state index < -0.39 is 5.91 Å². The van der Waals surface area contributed by atoms with Crippen molar-refractivity contribution in [1.29, 1.82) is 0 Å². The highest BCUT2D eigenvalue weighted by molar-refractivity contribution is 7.13. The molecule has 0 radical (unpaired) electrons. The highest BCUT2D eigenvalue weighted by Crippen LogP contribution is 2.41. The molecule has 2 aromatic rings. The molecule has 0 saturated heterocycles. The summed E-state index contributed by atoms with van der Waals surface area (Å²) >= 11 is 1.56. The summed E-state index contributed by atoms with van der Waals surface area (Å²) in [5.41, 5.74) is 13.9. The smallest absolute Gasteiger partial charge is 0.248 e. The van der Waals surface area contributed by atoms with Crippen molar-refractivity contribution in [2.24, 2.45) is 5.73 Å². The van der Waals surface area contributed by atoms with E-state index in [1.165, 1.54) is 12.8 Å². The van der Waals surface area contributed by atoms with E-state index in [2.05, 4.69) is 15.7 Å². The second-order valence-corrected chi connectivity index (χ2v) is 5.50. The average molecular weight is 274 g/mol. The number of nitrogens with two attached hydrogens (primary N) is 2. The summed E-state index contributed by atoms with van der Waals surface area (Å²) in [7, 11) is 0. The normalized spacial score (nSPS) is 14.3. The number of rotatable bonds is 4. The van der Waals surface area contributed by atoms with Gasteiger partial charge in [0.1, 0.15) is 0 Å². The van der Waals surface area contributed by atoms with Gasteiger partial charge in [-0.1, -0.05) is 0 Å². The van der Waals surface area contributed by atoms with E-state index in [-0.39, 0.29) is 0 Å². The minimum Gasteiger partial charge on any atom is -0.397 e. The Labute approximate surface area is 114 Å². The zero-order valence-corrected chi connectivity index (χ0v) is 11.0. The maximum absolute atomic E-state index is 11.0. The summed E-state index contributed by atoms with van der Waals surface area (Å²) in [5, 5.41) is 6.07. The fourth-order valence-corrected chi connectivity index (χ4v) is 2.66. The highest BCUT2D eigenvalue weighted by Gasteiger charge is 2.26. The Morgan fingerprint density at radius 1 is 1.42 bits per heavy atom. The van der Waals surface area contributed by atoms with Crippen molar-refractivity contribution in [3.63, 3.8) is 0 Å². The van der Waals surface area contributed by atoms with Crippen LogP contribution in [0.15, 0.2) is 23.6 Å². The fourth-order valence-electron chi connectivity index (χ4n) is 1.86. The summed E-state index contributed by atoms with van der Waals surface area (Å²) in [6.45, 7) is 0. The van der Waals surface area contributed by atoms with Crippen molar-refractivity contribution in [3.05, 3.63) is 34.8 Å². The molecule has 5 N–H and O–H groups in total. The molecule has 3 rings (SSSR count). The van der Waals surface area contributed by atoms with Crippen molar-refractivity contribution < 1.29 is 4.79 Å². The summed E-state index contributed by atoms with van der Waals surface area (Å²) in [6, 6.07) is 4.96. The van der Waals surface area contributed by atoms with Crippen LogP contribution in [0.25, 0.3) is 0 Å². The number of aromatic nitrogens is 1.